The fourth-order valence-corrected chi connectivity index (χ4v) is 3.68. The van der Waals surface area contributed by atoms with E-state index in [4.69, 9.17) is 0 Å². The number of hydrogen-bond acceptors (Lipinski definition) is 5. The van der Waals surface area contributed by atoms with Gasteiger partial charge in [0.15, 0.2) is 0 Å². The van der Waals surface area contributed by atoms with Gasteiger partial charge in [0.25, 0.3) is 0 Å². The van der Waals surface area contributed by atoms with Crippen LogP contribution in [0.1, 0.15) is 6.92 Å². The maximum Gasteiger partial charge on any atom is 0.248 e. The fourth-order valence-electron chi connectivity index (χ4n) is 2.47. The molecule has 1 aliphatic rings. The van der Waals surface area contributed by atoms with Crippen molar-refractivity contribution in [3.05, 3.63) is 30.7 Å². The molecule has 1 aliphatic heterocycles. The van der Waals surface area contributed by atoms with Crippen molar-refractivity contribution in [1.29, 1.82) is 0 Å². The van der Waals surface area contributed by atoms with E-state index in [9.17, 15) is 9.59 Å². The molecule has 2 aromatic heterocycles. The first kappa shape index (κ1) is 15.5. The number of anilines is 1. The third-order valence-corrected chi connectivity index (χ3v) is 4.65. The van der Waals surface area contributed by atoms with Crippen LogP contribution in [0.5, 0.6) is 0 Å². The van der Waals surface area contributed by atoms with E-state index in [2.05, 4.69) is 15.4 Å². The Bertz CT molecular complexity index is 745. The van der Waals surface area contributed by atoms with E-state index < -0.39 is 6.04 Å². The highest BCUT2D eigenvalue weighted by Crippen LogP contribution is 2.27. The summed E-state index contributed by atoms with van der Waals surface area (Å²) in [4.78, 5) is 30.1. The number of hydrogen-bond donors (Lipinski definition) is 1. The van der Waals surface area contributed by atoms with Crippen LogP contribution in [0.4, 0.5) is 5.69 Å². The summed E-state index contributed by atoms with van der Waals surface area (Å²) in [5.74, 6) is 0.876. The summed E-state index contributed by atoms with van der Waals surface area (Å²) >= 11 is 1.58. The van der Waals surface area contributed by atoms with E-state index in [1.54, 1.807) is 45.9 Å². The van der Waals surface area contributed by atoms with Crippen LogP contribution in [0.2, 0.25) is 0 Å². The molecule has 3 heterocycles. The molecule has 1 fully saturated rings. The summed E-state index contributed by atoms with van der Waals surface area (Å²) in [6, 6.07) is 3.12. The molecule has 0 aliphatic carbocycles. The first-order valence-electron chi connectivity index (χ1n) is 7.16. The molecule has 7 nitrogen and oxygen atoms in total. The van der Waals surface area contributed by atoms with E-state index in [1.807, 2.05) is 13.2 Å². The molecule has 8 heteroatoms. The van der Waals surface area contributed by atoms with Gasteiger partial charge in [-0.05, 0) is 12.1 Å². The topological polar surface area (TPSA) is 80.1 Å². The number of thioether (sulfide) groups is 1. The highest BCUT2D eigenvalue weighted by Gasteiger charge is 2.33. The summed E-state index contributed by atoms with van der Waals surface area (Å²) in [5.41, 5.74) is 2.10. The lowest BCUT2D eigenvalue weighted by molar-refractivity contribution is -0.134. The molecule has 1 unspecified atom stereocenters. The van der Waals surface area contributed by atoms with Gasteiger partial charge in [-0.1, -0.05) is 0 Å². The second kappa shape index (κ2) is 6.41. The van der Waals surface area contributed by atoms with Gasteiger partial charge >= 0.3 is 0 Å². The first-order valence-corrected chi connectivity index (χ1v) is 8.31. The molecule has 120 valence electrons. The Morgan fingerprint density at radius 1 is 1.43 bits per heavy atom. The van der Waals surface area contributed by atoms with Crippen molar-refractivity contribution < 1.29 is 9.59 Å². The van der Waals surface area contributed by atoms with Crippen molar-refractivity contribution in [2.24, 2.45) is 7.05 Å². The van der Waals surface area contributed by atoms with E-state index in [0.717, 1.165) is 5.56 Å². The molecule has 0 radical (unpaired) electrons. The molecule has 2 amide bonds. The molecular formula is C15H17N5O2S. The quantitative estimate of drug-likeness (QED) is 0.918. The van der Waals surface area contributed by atoms with Gasteiger partial charge in [-0.25, -0.2) is 0 Å². The SMILES string of the molecule is CC(=O)N1CSCC1C(=O)Nc1cccnc1-c1cnn(C)c1. The van der Waals surface area contributed by atoms with E-state index in [-0.39, 0.29) is 11.8 Å². The molecular weight excluding hydrogens is 314 g/mol. The van der Waals surface area contributed by atoms with Crippen LogP contribution in [0.3, 0.4) is 0 Å². The minimum Gasteiger partial charge on any atom is -0.322 e. The average Bonchev–Trinajstić information content (AvgIpc) is 3.16. The molecule has 0 bridgehead atoms. The maximum atomic E-state index is 12.6. The zero-order valence-corrected chi connectivity index (χ0v) is 13.7. The number of nitrogens with zero attached hydrogens (tertiary/aromatic N) is 4. The lowest BCUT2D eigenvalue weighted by Crippen LogP contribution is -2.43. The van der Waals surface area contributed by atoms with Gasteiger partial charge < -0.3 is 10.2 Å². The minimum atomic E-state index is -0.445. The Labute approximate surface area is 138 Å². The molecule has 1 saturated heterocycles. The van der Waals surface area contributed by atoms with Crippen LogP contribution in [0.15, 0.2) is 30.7 Å². The number of nitrogens with one attached hydrogen (secondary N) is 1. The van der Waals surface area contributed by atoms with Gasteiger partial charge in [0, 0.05) is 37.7 Å². The molecule has 0 saturated carbocycles. The van der Waals surface area contributed by atoms with Crippen molar-refractivity contribution in [2.75, 3.05) is 16.9 Å². The lowest BCUT2D eigenvalue weighted by Gasteiger charge is -2.21. The third kappa shape index (κ3) is 3.21. The Morgan fingerprint density at radius 2 is 2.26 bits per heavy atom. The predicted molar refractivity (Wildman–Crippen MR) is 88.7 cm³/mol. The highest BCUT2D eigenvalue weighted by atomic mass is 32.2. The van der Waals surface area contributed by atoms with Gasteiger partial charge in [0.05, 0.1) is 23.5 Å². The summed E-state index contributed by atoms with van der Waals surface area (Å²) in [5, 5.41) is 7.03. The number of aryl methyl sites for hydroxylation is 1. The number of amides is 2. The monoisotopic (exact) mass is 331 g/mol. The largest absolute Gasteiger partial charge is 0.322 e. The maximum absolute atomic E-state index is 12.6. The van der Waals surface area contributed by atoms with Crippen LogP contribution in [-0.4, -0.2) is 49.2 Å². The van der Waals surface area contributed by atoms with Crippen molar-refractivity contribution in [3.63, 3.8) is 0 Å². The minimum absolute atomic E-state index is 0.0891. The highest BCUT2D eigenvalue weighted by molar-refractivity contribution is 7.99. The molecule has 1 atom stereocenters. The predicted octanol–water partition coefficient (Wildman–Crippen LogP) is 1.34. The van der Waals surface area contributed by atoms with Gasteiger partial charge in [0.2, 0.25) is 11.8 Å². The van der Waals surface area contributed by atoms with Crippen molar-refractivity contribution in [1.82, 2.24) is 19.7 Å². The van der Waals surface area contributed by atoms with Gasteiger partial charge in [0.1, 0.15) is 6.04 Å². The number of carbonyl (C=O) groups excluding carboxylic acids is 2. The smallest absolute Gasteiger partial charge is 0.248 e. The molecule has 0 aromatic carbocycles. The Balaban J connectivity index is 1.83. The second-order valence-electron chi connectivity index (χ2n) is 5.30. The number of pyridine rings is 1. The van der Waals surface area contributed by atoms with Crippen LogP contribution >= 0.6 is 11.8 Å². The second-order valence-corrected chi connectivity index (χ2v) is 6.30. The summed E-state index contributed by atoms with van der Waals surface area (Å²) < 4.78 is 1.68. The number of aromatic nitrogens is 3. The lowest BCUT2D eigenvalue weighted by atomic mass is 10.2. The summed E-state index contributed by atoms with van der Waals surface area (Å²) in [6.45, 7) is 1.48. The van der Waals surface area contributed by atoms with Gasteiger partial charge in [-0.15, -0.1) is 11.8 Å². The van der Waals surface area contributed by atoms with Gasteiger partial charge in [-0.2, -0.15) is 5.10 Å². The molecule has 3 rings (SSSR count). The van der Waals surface area contributed by atoms with E-state index in [0.29, 0.717) is 23.0 Å². The van der Waals surface area contributed by atoms with Crippen LogP contribution in [-0.2, 0) is 16.6 Å². The standard InChI is InChI=1S/C15H17N5O2S/c1-10(21)20-9-23-8-13(20)15(22)18-12-4-3-5-16-14(12)11-6-17-19(2)7-11/h3-7,13H,8-9H2,1-2H3,(H,18,22). The zero-order valence-electron chi connectivity index (χ0n) is 12.9. The number of rotatable bonds is 3. The zero-order chi connectivity index (χ0) is 16.4. The average molecular weight is 331 g/mol. The summed E-state index contributed by atoms with van der Waals surface area (Å²) in [6.07, 6.45) is 5.21. The fraction of sp³-hybridized carbons (Fsp3) is 0.333. The molecule has 0 spiro atoms. The van der Waals surface area contributed by atoms with Crippen molar-refractivity contribution in [2.45, 2.75) is 13.0 Å². The van der Waals surface area contributed by atoms with E-state index in [1.165, 1.54) is 6.92 Å². The van der Waals surface area contributed by atoms with Crippen molar-refractivity contribution in [3.8, 4) is 11.3 Å². The molecule has 2 aromatic rings. The third-order valence-electron chi connectivity index (χ3n) is 3.63. The molecule has 1 N–H and O–H groups in total. The Kier molecular flexibility index (Phi) is 4.33. The Morgan fingerprint density at radius 3 is 2.96 bits per heavy atom. The normalized spacial score (nSPS) is 17.3. The van der Waals surface area contributed by atoms with E-state index >= 15 is 0 Å². The van der Waals surface area contributed by atoms with Crippen molar-refractivity contribution >= 4 is 29.3 Å². The number of carbonyl (C=O) groups is 2. The van der Waals surface area contributed by atoms with Crippen LogP contribution < -0.4 is 5.32 Å². The van der Waals surface area contributed by atoms with Gasteiger partial charge in [-0.3, -0.25) is 19.3 Å². The first-order chi connectivity index (χ1) is 11.1. The molecule has 23 heavy (non-hydrogen) atoms. The van der Waals surface area contributed by atoms with Crippen LogP contribution in [0.25, 0.3) is 11.3 Å². The Hall–Kier alpha value is -2.35. The van der Waals surface area contributed by atoms with Crippen LogP contribution in [0, 0.1) is 0 Å². The summed E-state index contributed by atoms with van der Waals surface area (Å²) in [7, 11) is 1.82.